The molecular weight excluding hydrogens is 997 g/mol. The molecule has 0 rings (SSSR count). The van der Waals surface area contributed by atoms with Crippen molar-refractivity contribution in [2.45, 2.75) is 309 Å². The Morgan fingerprint density at radius 1 is 0.259 bits per heavy atom. The fraction of sp³-hybridized carbons (Fsp3) is 0.667. The Hall–Kier alpha value is -4.45. The van der Waals surface area contributed by atoms with E-state index in [4.69, 9.17) is 14.2 Å². The molecule has 460 valence electrons. The lowest BCUT2D eigenvalue weighted by atomic mass is 10.1. The minimum Gasteiger partial charge on any atom is -0.462 e. The second kappa shape index (κ2) is 68.1. The first kappa shape index (κ1) is 76.5. The summed E-state index contributed by atoms with van der Waals surface area (Å²) in [7, 11) is 0. The van der Waals surface area contributed by atoms with Crippen molar-refractivity contribution in [3.8, 4) is 0 Å². The van der Waals surface area contributed by atoms with Gasteiger partial charge < -0.3 is 14.2 Å². The highest BCUT2D eigenvalue weighted by Gasteiger charge is 2.19. The number of ether oxygens (including phenoxy) is 3. The molecule has 0 spiro atoms. The smallest absolute Gasteiger partial charge is 0.306 e. The van der Waals surface area contributed by atoms with Gasteiger partial charge in [-0.25, -0.2) is 0 Å². The van der Waals surface area contributed by atoms with E-state index >= 15 is 0 Å². The van der Waals surface area contributed by atoms with Crippen LogP contribution in [0.4, 0.5) is 0 Å². The summed E-state index contributed by atoms with van der Waals surface area (Å²) < 4.78 is 16.9. The van der Waals surface area contributed by atoms with Crippen molar-refractivity contribution in [2.24, 2.45) is 0 Å². The lowest BCUT2D eigenvalue weighted by Crippen LogP contribution is -2.30. The van der Waals surface area contributed by atoms with Gasteiger partial charge in [-0.1, -0.05) is 283 Å². The van der Waals surface area contributed by atoms with Crippen LogP contribution in [0, 0.1) is 0 Å². The molecule has 0 aliphatic carbocycles. The molecule has 0 radical (unpaired) electrons. The van der Waals surface area contributed by atoms with Crippen LogP contribution in [0.1, 0.15) is 303 Å². The van der Waals surface area contributed by atoms with Gasteiger partial charge in [0, 0.05) is 19.3 Å². The highest BCUT2D eigenvalue weighted by atomic mass is 16.6. The minimum absolute atomic E-state index is 0.0966. The summed E-state index contributed by atoms with van der Waals surface area (Å²) in [5, 5.41) is 0. The summed E-state index contributed by atoms with van der Waals surface area (Å²) in [5.74, 6) is -0.931. The quantitative estimate of drug-likeness (QED) is 0.0261. The Bertz CT molecular complexity index is 1720. The van der Waals surface area contributed by atoms with Gasteiger partial charge in [-0.05, 0) is 135 Å². The second-order valence-corrected chi connectivity index (χ2v) is 22.0. The van der Waals surface area contributed by atoms with Crippen LogP contribution in [-0.2, 0) is 28.6 Å². The third-order valence-corrected chi connectivity index (χ3v) is 14.1. The average Bonchev–Trinajstić information content (AvgIpc) is 3.47. The minimum atomic E-state index is -0.805. The number of carbonyl (C=O) groups excluding carboxylic acids is 3. The normalized spacial score (nSPS) is 13.0. The molecule has 1 unspecified atom stereocenters. The van der Waals surface area contributed by atoms with E-state index < -0.39 is 6.10 Å². The highest BCUT2D eigenvalue weighted by molar-refractivity contribution is 5.71. The van der Waals surface area contributed by atoms with Gasteiger partial charge in [0.05, 0.1) is 0 Å². The summed E-state index contributed by atoms with van der Waals surface area (Å²) in [6.45, 7) is 6.40. The Morgan fingerprint density at radius 2 is 0.481 bits per heavy atom. The van der Waals surface area contributed by atoms with Gasteiger partial charge in [-0.3, -0.25) is 14.4 Å². The molecule has 0 saturated heterocycles. The van der Waals surface area contributed by atoms with Crippen LogP contribution >= 0.6 is 0 Å². The van der Waals surface area contributed by atoms with Gasteiger partial charge in [0.15, 0.2) is 6.10 Å². The summed E-state index contributed by atoms with van der Waals surface area (Å²) >= 11 is 0. The average molecular weight is 1120 g/mol. The molecular formula is C75H124O6. The molecule has 81 heavy (non-hydrogen) atoms. The number of esters is 3. The molecule has 0 fully saturated rings. The van der Waals surface area contributed by atoms with Crippen LogP contribution in [0.5, 0.6) is 0 Å². The van der Waals surface area contributed by atoms with E-state index in [2.05, 4.69) is 154 Å². The fourth-order valence-electron chi connectivity index (χ4n) is 9.14. The van der Waals surface area contributed by atoms with Crippen molar-refractivity contribution in [1.82, 2.24) is 0 Å². The van der Waals surface area contributed by atoms with Crippen LogP contribution in [0.3, 0.4) is 0 Å². The number of allylic oxidation sites excluding steroid dienone is 22. The zero-order valence-electron chi connectivity index (χ0n) is 52.8. The SMILES string of the molecule is CC/C=C\C/C=C\C/C=C\C/C=C\C/C=C\CCCCCCCC(=O)OCC(COC(=O)CCCCCCCCCCC/C=C\CCCCCCCCCC)OC(=O)CCCCCCC/C=C\C/C=C\C/C=C\C/C=C\C/C=C\CC. The van der Waals surface area contributed by atoms with Crippen molar-refractivity contribution >= 4 is 17.9 Å². The molecule has 1 atom stereocenters. The number of carbonyl (C=O) groups is 3. The van der Waals surface area contributed by atoms with E-state index in [0.29, 0.717) is 19.3 Å². The fourth-order valence-corrected chi connectivity index (χ4v) is 9.14. The van der Waals surface area contributed by atoms with Gasteiger partial charge in [0.2, 0.25) is 0 Å². The van der Waals surface area contributed by atoms with Gasteiger partial charge in [0.1, 0.15) is 13.2 Å². The van der Waals surface area contributed by atoms with Gasteiger partial charge >= 0.3 is 17.9 Å². The van der Waals surface area contributed by atoms with Gasteiger partial charge in [-0.2, -0.15) is 0 Å². The number of hydrogen-bond donors (Lipinski definition) is 0. The van der Waals surface area contributed by atoms with Crippen LogP contribution in [0.2, 0.25) is 0 Å². The van der Waals surface area contributed by atoms with Gasteiger partial charge in [-0.15, -0.1) is 0 Å². The van der Waals surface area contributed by atoms with Crippen molar-refractivity contribution in [3.05, 3.63) is 134 Å². The van der Waals surface area contributed by atoms with Crippen molar-refractivity contribution in [1.29, 1.82) is 0 Å². The summed E-state index contributed by atoms with van der Waals surface area (Å²) in [5.41, 5.74) is 0. The van der Waals surface area contributed by atoms with Crippen LogP contribution < -0.4 is 0 Å². The van der Waals surface area contributed by atoms with Gasteiger partial charge in [0.25, 0.3) is 0 Å². The van der Waals surface area contributed by atoms with Crippen molar-refractivity contribution in [3.63, 3.8) is 0 Å². The number of hydrogen-bond acceptors (Lipinski definition) is 6. The summed E-state index contributed by atoms with van der Waals surface area (Å²) in [6.07, 6.45) is 96.0. The van der Waals surface area contributed by atoms with E-state index in [0.717, 1.165) is 161 Å². The summed E-state index contributed by atoms with van der Waals surface area (Å²) in [4.78, 5) is 38.5. The molecule has 0 heterocycles. The van der Waals surface area contributed by atoms with E-state index in [1.54, 1.807) is 0 Å². The Labute approximate surface area is 500 Å². The molecule has 0 aromatic rings. The lowest BCUT2D eigenvalue weighted by Gasteiger charge is -2.18. The lowest BCUT2D eigenvalue weighted by molar-refractivity contribution is -0.167. The maximum Gasteiger partial charge on any atom is 0.306 e. The maximum atomic E-state index is 12.9. The third kappa shape index (κ3) is 66.2. The molecule has 6 nitrogen and oxygen atoms in total. The molecule has 6 heteroatoms. The molecule has 0 bridgehead atoms. The Balaban J connectivity index is 4.48. The first-order chi connectivity index (χ1) is 40.0. The number of unbranched alkanes of at least 4 members (excludes halogenated alkanes) is 27. The Kier molecular flexibility index (Phi) is 64.3. The first-order valence-electron chi connectivity index (χ1n) is 33.7. The first-order valence-corrected chi connectivity index (χ1v) is 33.7. The standard InChI is InChI=1S/C75H124O6/c1-4-7-10-13-16-19-22-25-28-31-34-37-40-43-46-49-52-55-58-61-64-67-73(76)79-70-72(81-75(78)69-66-63-60-57-54-51-48-45-42-39-36-33-30-27-24-21-18-15-12-9-6-3)71-80-74(77)68-65-62-59-56-53-50-47-44-41-38-35-32-29-26-23-20-17-14-11-8-5-2/h7,9-10,12,16,18-19,21,25,27-28,30,32,34-37,39,43,45-46,48,72H,4-6,8,11,13-15,17,20,22-24,26,29,31,33,38,40-42,44,47,49-71H2,1-3H3/b10-7-,12-9-,19-16-,21-18-,28-25-,30-27-,35-32-,37-34-,39-36-,46-43-,48-45-. The highest BCUT2D eigenvalue weighted by Crippen LogP contribution is 2.15. The predicted octanol–water partition coefficient (Wildman–Crippen LogP) is 23.3. The monoisotopic (exact) mass is 1120 g/mol. The third-order valence-electron chi connectivity index (χ3n) is 14.1. The Morgan fingerprint density at radius 3 is 0.765 bits per heavy atom. The van der Waals surface area contributed by atoms with E-state index in [1.807, 2.05) is 0 Å². The molecule has 0 N–H and O–H groups in total. The van der Waals surface area contributed by atoms with Crippen molar-refractivity contribution in [2.75, 3.05) is 13.2 Å². The van der Waals surface area contributed by atoms with Crippen molar-refractivity contribution < 1.29 is 28.6 Å². The zero-order chi connectivity index (χ0) is 58.5. The molecule has 0 aromatic heterocycles. The summed E-state index contributed by atoms with van der Waals surface area (Å²) in [6, 6.07) is 0. The number of rotatable bonds is 60. The zero-order valence-corrected chi connectivity index (χ0v) is 52.8. The molecule has 0 saturated carbocycles. The van der Waals surface area contributed by atoms with Crippen LogP contribution in [-0.4, -0.2) is 37.2 Å². The van der Waals surface area contributed by atoms with E-state index in [1.165, 1.54) is 103 Å². The molecule has 0 aliphatic heterocycles. The predicted molar refractivity (Wildman–Crippen MR) is 353 cm³/mol. The van der Waals surface area contributed by atoms with Crippen LogP contribution in [0.25, 0.3) is 0 Å². The van der Waals surface area contributed by atoms with E-state index in [9.17, 15) is 14.4 Å². The largest absolute Gasteiger partial charge is 0.462 e. The van der Waals surface area contributed by atoms with Crippen LogP contribution in [0.15, 0.2) is 134 Å². The molecule has 0 amide bonds. The molecule has 0 aromatic carbocycles. The van der Waals surface area contributed by atoms with E-state index in [-0.39, 0.29) is 31.1 Å². The second-order valence-electron chi connectivity index (χ2n) is 22.0. The maximum absolute atomic E-state index is 12.9. The topological polar surface area (TPSA) is 78.9 Å². The molecule has 0 aliphatic rings.